The Morgan fingerprint density at radius 1 is 1.12 bits per heavy atom. The van der Waals surface area contributed by atoms with Crippen molar-refractivity contribution in [3.63, 3.8) is 0 Å². The fourth-order valence-electron chi connectivity index (χ4n) is 3.64. The van der Waals surface area contributed by atoms with Gasteiger partial charge in [0, 0.05) is 29.7 Å². The smallest absolute Gasteiger partial charge is 0.254 e. The monoisotopic (exact) mass is 346 g/mol. The zero-order chi connectivity index (χ0) is 17.3. The molecule has 0 unspecified atom stereocenters. The van der Waals surface area contributed by atoms with Gasteiger partial charge >= 0.3 is 0 Å². The number of anilines is 1. The molecule has 0 spiro atoms. The number of ether oxygens (including phenoxy) is 1. The Kier molecular flexibility index (Phi) is 3.62. The molecule has 1 aliphatic heterocycles. The molecule has 0 saturated carbocycles. The van der Waals surface area contributed by atoms with Crippen molar-refractivity contribution in [1.82, 2.24) is 24.6 Å². The molecule has 4 aromatic rings. The summed E-state index contributed by atoms with van der Waals surface area (Å²) in [6.07, 6.45) is 9.18. The quantitative estimate of drug-likeness (QED) is 0.566. The van der Waals surface area contributed by atoms with Crippen molar-refractivity contribution in [2.24, 2.45) is 0 Å². The summed E-state index contributed by atoms with van der Waals surface area (Å²) in [6.45, 7) is 1.58. The van der Waals surface area contributed by atoms with Crippen LogP contribution in [0.3, 0.4) is 0 Å². The predicted molar refractivity (Wildman–Crippen MR) is 98.4 cm³/mol. The third-order valence-corrected chi connectivity index (χ3v) is 4.89. The maximum Gasteiger partial charge on any atom is 0.254 e. The molecule has 0 bridgehead atoms. The van der Waals surface area contributed by atoms with E-state index in [0.717, 1.165) is 41.7 Å². The molecule has 5 rings (SSSR count). The molecule has 7 nitrogen and oxygen atoms in total. The van der Waals surface area contributed by atoms with Crippen LogP contribution in [0.4, 0.5) is 5.82 Å². The van der Waals surface area contributed by atoms with Gasteiger partial charge in [-0.3, -0.25) is 4.98 Å². The van der Waals surface area contributed by atoms with Crippen molar-refractivity contribution in [2.45, 2.75) is 18.9 Å². The first-order chi connectivity index (χ1) is 12.9. The molecule has 0 radical (unpaired) electrons. The zero-order valence-corrected chi connectivity index (χ0v) is 14.2. The molecule has 3 aromatic heterocycles. The highest BCUT2D eigenvalue weighted by atomic mass is 16.5. The molecule has 130 valence electrons. The minimum absolute atomic E-state index is 0.281. The van der Waals surface area contributed by atoms with Crippen molar-refractivity contribution < 1.29 is 4.74 Å². The number of hydrogen-bond donors (Lipinski definition) is 0. The van der Waals surface area contributed by atoms with E-state index >= 15 is 0 Å². The van der Waals surface area contributed by atoms with Gasteiger partial charge in [-0.15, -0.1) is 0 Å². The van der Waals surface area contributed by atoms with Crippen molar-refractivity contribution in [2.75, 3.05) is 18.1 Å². The summed E-state index contributed by atoms with van der Waals surface area (Å²) in [4.78, 5) is 15.1. The van der Waals surface area contributed by atoms with Crippen molar-refractivity contribution in [1.29, 1.82) is 0 Å². The van der Waals surface area contributed by atoms with Gasteiger partial charge in [0.2, 0.25) is 0 Å². The van der Waals surface area contributed by atoms with E-state index in [9.17, 15) is 0 Å². The average Bonchev–Trinajstić information content (AvgIpc) is 3.35. The number of nitrogens with zero attached hydrogens (tertiary/aromatic N) is 6. The lowest BCUT2D eigenvalue weighted by Gasteiger charge is -2.26. The number of hydrogen-bond acceptors (Lipinski definition) is 6. The van der Waals surface area contributed by atoms with E-state index in [0.29, 0.717) is 12.4 Å². The molecular weight excluding hydrogens is 328 g/mol. The van der Waals surface area contributed by atoms with Crippen LogP contribution in [0.5, 0.6) is 5.75 Å². The Labute approximate surface area is 150 Å². The second kappa shape index (κ2) is 6.25. The van der Waals surface area contributed by atoms with Gasteiger partial charge in [-0.25, -0.2) is 4.98 Å². The Bertz CT molecular complexity index is 1060. The lowest BCUT2D eigenvalue weighted by molar-refractivity contribution is 0.290. The van der Waals surface area contributed by atoms with E-state index < -0.39 is 0 Å². The maximum absolute atomic E-state index is 6.18. The first-order valence-electron chi connectivity index (χ1n) is 8.77. The molecule has 1 saturated heterocycles. The Morgan fingerprint density at radius 2 is 2.08 bits per heavy atom. The number of benzene rings is 1. The van der Waals surface area contributed by atoms with Crippen LogP contribution < -0.4 is 9.64 Å². The summed E-state index contributed by atoms with van der Waals surface area (Å²) < 4.78 is 7.97. The molecule has 0 N–H and O–H groups in total. The molecule has 1 fully saturated rings. The molecule has 0 amide bonds. The summed E-state index contributed by atoms with van der Waals surface area (Å²) >= 11 is 0. The van der Waals surface area contributed by atoms with Crippen LogP contribution >= 0.6 is 0 Å². The first kappa shape index (κ1) is 15.1. The van der Waals surface area contributed by atoms with Crippen molar-refractivity contribution >= 4 is 22.4 Å². The van der Waals surface area contributed by atoms with Crippen LogP contribution in [0.25, 0.3) is 16.6 Å². The normalized spacial score (nSPS) is 17.2. The van der Waals surface area contributed by atoms with Gasteiger partial charge in [0.25, 0.3) is 5.78 Å². The van der Waals surface area contributed by atoms with Crippen LogP contribution in [0.1, 0.15) is 12.8 Å². The van der Waals surface area contributed by atoms with Crippen LogP contribution in [0.2, 0.25) is 0 Å². The van der Waals surface area contributed by atoms with Crippen LogP contribution in [0, 0.1) is 0 Å². The molecule has 1 atom stereocenters. The van der Waals surface area contributed by atoms with E-state index in [1.54, 1.807) is 16.9 Å². The summed E-state index contributed by atoms with van der Waals surface area (Å²) in [5.74, 6) is 2.46. The molecule has 1 aliphatic rings. The van der Waals surface area contributed by atoms with E-state index in [1.807, 2.05) is 24.4 Å². The maximum atomic E-state index is 6.18. The molecule has 1 aromatic carbocycles. The van der Waals surface area contributed by atoms with Crippen LogP contribution in [-0.2, 0) is 0 Å². The minimum atomic E-state index is 0.281. The fraction of sp³-hybridized carbons (Fsp3) is 0.263. The van der Waals surface area contributed by atoms with E-state index in [2.05, 4.69) is 37.1 Å². The molecule has 0 aliphatic carbocycles. The van der Waals surface area contributed by atoms with Gasteiger partial charge in [-0.05, 0) is 18.9 Å². The van der Waals surface area contributed by atoms with E-state index in [-0.39, 0.29) is 6.04 Å². The topological polar surface area (TPSA) is 68.4 Å². The third kappa shape index (κ3) is 2.52. The molecule has 7 heteroatoms. The summed E-state index contributed by atoms with van der Waals surface area (Å²) in [5.41, 5.74) is 0. The van der Waals surface area contributed by atoms with Crippen molar-refractivity contribution in [3.8, 4) is 5.75 Å². The summed E-state index contributed by atoms with van der Waals surface area (Å²) in [7, 11) is 0. The van der Waals surface area contributed by atoms with E-state index in [1.165, 1.54) is 6.33 Å². The Balaban J connectivity index is 1.40. The van der Waals surface area contributed by atoms with Gasteiger partial charge in [0.1, 0.15) is 24.5 Å². The SMILES string of the molecule is c1ccc2c(OC[C@H]3CCCN3c3ccnc4ncnn34)cncc2c1. The van der Waals surface area contributed by atoms with Crippen LogP contribution in [-0.4, -0.2) is 43.8 Å². The standard InChI is InChI=1S/C19H18N6O/c1-2-6-16-14(4-1)10-20-11-17(16)26-12-15-5-3-9-24(15)18-7-8-21-19-22-13-23-25(18)19/h1-2,4,6-8,10-11,13,15H,3,5,9,12H2/t15-/m1/s1. The van der Waals surface area contributed by atoms with Gasteiger partial charge in [0.05, 0.1) is 12.2 Å². The second-order valence-electron chi connectivity index (χ2n) is 6.43. The Hall–Kier alpha value is -3.22. The third-order valence-electron chi connectivity index (χ3n) is 4.89. The lowest BCUT2D eigenvalue weighted by Crippen LogP contribution is -2.35. The van der Waals surface area contributed by atoms with Crippen molar-refractivity contribution in [3.05, 3.63) is 55.2 Å². The summed E-state index contributed by atoms with van der Waals surface area (Å²) in [5, 5.41) is 6.49. The number of pyridine rings is 1. The molecule has 4 heterocycles. The second-order valence-corrected chi connectivity index (χ2v) is 6.43. The van der Waals surface area contributed by atoms with E-state index in [4.69, 9.17) is 4.74 Å². The number of rotatable bonds is 4. The number of fused-ring (bicyclic) bond motifs is 2. The minimum Gasteiger partial charge on any atom is -0.489 e. The Morgan fingerprint density at radius 3 is 3.08 bits per heavy atom. The van der Waals surface area contributed by atoms with Gasteiger partial charge < -0.3 is 9.64 Å². The molecular formula is C19H18N6O. The molecule has 26 heavy (non-hydrogen) atoms. The highest BCUT2D eigenvalue weighted by molar-refractivity contribution is 5.87. The number of aromatic nitrogens is 5. The lowest BCUT2D eigenvalue weighted by atomic mass is 10.1. The average molecular weight is 346 g/mol. The van der Waals surface area contributed by atoms with Gasteiger partial charge in [0.15, 0.2) is 0 Å². The van der Waals surface area contributed by atoms with Gasteiger partial charge in [-0.2, -0.15) is 14.6 Å². The fourth-order valence-corrected chi connectivity index (χ4v) is 3.64. The zero-order valence-electron chi connectivity index (χ0n) is 14.2. The largest absolute Gasteiger partial charge is 0.489 e. The van der Waals surface area contributed by atoms with Gasteiger partial charge in [-0.1, -0.05) is 24.3 Å². The van der Waals surface area contributed by atoms with Crippen LogP contribution in [0.15, 0.2) is 55.2 Å². The first-order valence-corrected chi connectivity index (χ1v) is 8.77. The highest BCUT2D eigenvalue weighted by Crippen LogP contribution is 2.28. The summed E-state index contributed by atoms with van der Waals surface area (Å²) in [6, 6.07) is 10.4. The predicted octanol–water partition coefficient (Wildman–Crippen LogP) is 2.72. The highest BCUT2D eigenvalue weighted by Gasteiger charge is 2.27.